The Kier molecular flexibility index (Phi) is 2.96. The van der Waals surface area contributed by atoms with Gasteiger partial charge >= 0.3 is 0 Å². The zero-order chi connectivity index (χ0) is 10.8. The number of hydrogen-bond acceptors (Lipinski definition) is 2. The number of hydrogen-bond donors (Lipinski definition) is 1. The molecule has 15 heavy (non-hydrogen) atoms. The van der Waals surface area contributed by atoms with E-state index in [1.165, 1.54) is 16.8 Å². The summed E-state index contributed by atoms with van der Waals surface area (Å²) in [6.07, 6.45) is 1.43. The standard InChI is InChI=1S/C13H19NO/c1-9-6-10(2)8-12(7-9)14-13-4-5-15-11(13)3/h6-8,11,13-14H,4-5H2,1-3H3/t11-,13+/m1/s1. The number of ether oxygens (including phenoxy) is 1. The van der Waals surface area contributed by atoms with Gasteiger partial charge in [-0.1, -0.05) is 6.07 Å². The lowest BCUT2D eigenvalue weighted by Crippen LogP contribution is -2.26. The molecule has 0 unspecified atom stereocenters. The van der Waals surface area contributed by atoms with Crippen molar-refractivity contribution in [3.63, 3.8) is 0 Å². The summed E-state index contributed by atoms with van der Waals surface area (Å²) in [7, 11) is 0. The van der Waals surface area contributed by atoms with Crippen molar-refractivity contribution >= 4 is 5.69 Å². The Hall–Kier alpha value is -1.02. The Labute approximate surface area is 91.6 Å². The molecule has 1 fully saturated rings. The van der Waals surface area contributed by atoms with Crippen LogP contribution in [0, 0.1) is 13.8 Å². The molecule has 0 amide bonds. The van der Waals surface area contributed by atoms with E-state index in [1.807, 2.05) is 0 Å². The summed E-state index contributed by atoms with van der Waals surface area (Å²) in [4.78, 5) is 0. The SMILES string of the molecule is Cc1cc(C)cc(N[C@H]2CCO[C@@H]2C)c1. The van der Waals surface area contributed by atoms with E-state index in [4.69, 9.17) is 4.74 Å². The van der Waals surface area contributed by atoms with Gasteiger partial charge in [-0.3, -0.25) is 0 Å². The quantitative estimate of drug-likeness (QED) is 0.801. The van der Waals surface area contributed by atoms with Gasteiger partial charge in [0.15, 0.2) is 0 Å². The molecule has 0 radical (unpaired) electrons. The summed E-state index contributed by atoms with van der Waals surface area (Å²) in [5.41, 5.74) is 3.84. The minimum absolute atomic E-state index is 0.325. The lowest BCUT2D eigenvalue weighted by Gasteiger charge is -2.18. The Morgan fingerprint density at radius 1 is 1.20 bits per heavy atom. The van der Waals surface area contributed by atoms with Crippen LogP contribution < -0.4 is 5.32 Å². The molecule has 2 atom stereocenters. The van der Waals surface area contributed by atoms with Crippen LogP contribution in [0.2, 0.25) is 0 Å². The molecule has 0 bridgehead atoms. The van der Waals surface area contributed by atoms with Crippen molar-refractivity contribution < 1.29 is 4.74 Å². The van der Waals surface area contributed by atoms with Gasteiger partial charge < -0.3 is 10.1 Å². The Morgan fingerprint density at radius 2 is 1.87 bits per heavy atom. The molecule has 1 aliphatic heterocycles. The van der Waals surface area contributed by atoms with Crippen molar-refractivity contribution in [2.75, 3.05) is 11.9 Å². The van der Waals surface area contributed by atoms with Crippen LogP contribution >= 0.6 is 0 Å². The van der Waals surface area contributed by atoms with E-state index in [9.17, 15) is 0 Å². The monoisotopic (exact) mass is 205 g/mol. The van der Waals surface area contributed by atoms with Gasteiger partial charge in [0.1, 0.15) is 0 Å². The first-order chi connectivity index (χ1) is 7.15. The molecular weight excluding hydrogens is 186 g/mol. The molecule has 0 aliphatic carbocycles. The van der Waals surface area contributed by atoms with E-state index >= 15 is 0 Å². The van der Waals surface area contributed by atoms with Crippen molar-refractivity contribution in [3.8, 4) is 0 Å². The predicted octanol–water partition coefficient (Wildman–Crippen LogP) is 2.89. The number of benzene rings is 1. The topological polar surface area (TPSA) is 21.3 Å². The molecule has 2 heteroatoms. The van der Waals surface area contributed by atoms with Crippen LogP contribution in [0.5, 0.6) is 0 Å². The first-order valence-electron chi connectivity index (χ1n) is 5.61. The maximum absolute atomic E-state index is 5.54. The van der Waals surface area contributed by atoms with Crippen molar-refractivity contribution in [1.82, 2.24) is 0 Å². The second-order valence-electron chi connectivity index (χ2n) is 4.49. The molecule has 1 heterocycles. The molecular formula is C13H19NO. The fourth-order valence-electron chi connectivity index (χ4n) is 2.19. The zero-order valence-corrected chi connectivity index (χ0v) is 9.71. The van der Waals surface area contributed by atoms with Crippen molar-refractivity contribution in [2.24, 2.45) is 0 Å². The predicted molar refractivity (Wildman–Crippen MR) is 63.4 cm³/mol. The summed E-state index contributed by atoms with van der Waals surface area (Å²) in [5, 5.41) is 3.55. The largest absolute Gasteiger partial charge is 0.380 e. The van der Waals surface area contributed by atoms with Gasteiger partial charge in [0.05, 0.1) is 12.1 Å². The molecule has 1 aromatic carbocycles. The van der Waals surface area contributed by atoms with Crippen molar-refractivity contribution in [3.05, 3.63) is 29.3 Å². The second-order valence-corrected chi connectivity index (χ2v) is 4.49. The van der Waals surface area contributed by atoms with Crippen LogP contribution in [0.15, 0.2) is 18.2 Å². The van der Waals surface area contributed by atoms with Crippen LogP contribution in [-0.4, -0.2) is 18.8 Å². The zero-order valence-electron chi connectivity index (χ0n) is 9.71. The average molecular weight is 205 g/mol. The Balaban J connectivity index is 2.10. The molecule has 82 valence electrons. The highest BCUT2D eigenvalue weighted by Gasteiger charge is 2.23. The minimum atomic E-state index is 0.325. The summed E-state index contributed by atoms with van der Waals surface area (Å²) in [6, 6.07) is 7.04. The summed E-state index contributed by atoms with van der Waals surface area (Å²) >= 11 is 0. The van der Waals surface area contributed by atoms with E-state index in [0.29, 0.717) is 12.1 Å². The average Bonchev–Trinajstić information content (AvgIpc) is 2.50. The summed E-state index contributed by atoms with van der Waals surface area (Å²) in [6.45, 7) is 7.27. The lowest BCUT2D eigenvalue weighted by atomic mass is 10.1. The van der Waals surface area contributed by atoms with Gasteiger partial charge in [0, 0.05) is 12.3 Å². The van der Waals surface area contributed by atoms with Gasteiger partial charge in [0.2, 0.25) is 0 Å². The molecule has 1 aliphatic rings. The Bertz CT molecular complexity index is 328. The molecule has 0 aromatic heterocycles. The molecule has 2 nitrogen and oxygen atoms in total. The van der Waals surface area contributed by atoms with Crippen LogP contribution in [-0.2, 0) is 4.74 Å². The van der Waals surface area contributed by atoms with E-state index in [2.05, 4.69) is 44.3 Å². The highest BCUT2D eigenvalue weighted by atomic mass is 16.5. The Morgan fingerprint density at radius 3 is 2.40 bits per heavy atom. The van der Waals surface area contributed by atoms with Gasteiger partial charge in [-0.15, -0.1) is 0 Å². The van der Waals surface area contributed by atoms with Crippen molar-refractivity contribution in [1.29, 1.82) is 0 Å². The van der Waals surface area contributed by atoms with Gasteiger partial charge in [-0.05, 0) is 50.5 Å². The van der Waals surface area contributed by atoms with Crippen LogP contribution in [0.1, 0.15) is 24.5 Å². The molecule has 0 saturated carbocycles. The molecule has 1 aromatic rings. The maximum atomic E-state index is 5.54. The minimum Gasteiger partial charge on any atom is -0.380 e. The molecule has 0 spiro atoms. The highest BCUT2D eigenvalue weighted by molar-refractivity contribution is 5.49. The smallest absolute Gasteiger partial charge is 0.0748 e. The first kappa shape index (κ1) is 10.5. The molecule has 2 rings (SSSR count). The lowest BCUT2D eigenvalue weighted by molar-refractivity contribution is 0.121. The number of rotatable bonds is 2. The van der Waals surface area contributed by atoms with E-state index in [-0.39, 0.29) is 0 Å². The maximum Gasteiger partial charge on any atom is 0.0748 e. The van der Waals surface area contributed by atoms with E-state index < -0.39 is 0 Å². The number of anilines is 1. The van der Waals surface area contributed by atoms with E-state index in [1.54, 1.807) is 0 Å². The van der Waals surface area contributed by atoms with Gasteiger partial charge in [-0.25, -0.2) is 0 Å². The fourth-order valence-corrected chi connectivity index (χ4v) is 2.19. The normalized spacial score (nSPS) is 25.5. The fraction of sp³-hybridized carbons (Fsp3) is 0.538. The number of aryl methyl sites for hydroxylation is 2. The van der Waals surface area contributed by atoms with Crippen LogP contribution in [0.25, 0.3) is 0 Å². The van der Waals surface area contributed by atoms with Crippen LogP contribution in [0.4, 0.5) is 5.69 Å². The highest BCUT2D eigenvalue weighted by Crippen LogP contribution is 2.20. The van der Waals surface area contributed by atoms with E-state index in [0.717, 1.165) is 13.0 Å². The van der Waals surface area contributed by atoms with Crippen LogP contribution in [0.3, 0.4) is 0 Å². The summed E-state index contributed by atoms with van der Waals surface area (Å²) < 4.78 is 5.54. The third-order valence-electron chi connectivity index (χ3n) is 2.95. The molecule has 1 saturated heterocycles. The van der Waals surface area contributed by atoms with Crippen molar-refractivity contribution in [2.45, 2.75) is 39.3 Å². The number of nitrogens with one attached hydrogen (secondary N) is 1. The second kappa shape index (κ2) is 4.23. The third kappa shape index (κ3) is 2.51. The van der Waals surface area contributed by atoms with Gasteiger partial charge in [0.25, 0.3) is 0 Å². The van der Waals surface area contributed by atoms with Gasteiger partial charge in [-0.2, -0.15) is 0 Å². The first-order valence-corrected chi connectivity index (χ1v) is 5.61. The summed E-state index contributed by atoms with van der Waals surface area (Å²) in [5.74, 6) is 0. The molecule has 1 N–H and O–H groups in total. The third-order valence-corrected chi connectivity index (χ3v) is 2.95.